The summed E-state index contributed by atoms with van der Waals surface area (Å²) in [6, 6.07) is 16.6. The largest absolute Gasteiger partial charge is 0.507 e. The fraction of sp³-hybridized carbons (Fsp3) is 0.231. The molecule has 0 saturated carbocycles. The number of hydrogen-bond acceptors (Lipinski definition) is 7. The zero-order valence-corrected chi connectivity index (χ0v) is 19.9. The van der Waals surface area contributed by atoms with Crippen LogP contribution in [-0.2, 0) is 9.84 Å². The summed E-state index contributed by atoms with van der Waals surface area (Å²) in [6.45, 7) is 2.06. The zero-order valence-electron chi connectivity index (χ0n) is 19.1. The van der Waals surface area contributed by atoms with E-state index < -0.39 is 21.4 Å². The molecule has 0 atom stereocenters. The van der Waals surface area contributed by atoms with Gasteiger partial charge in [-0.25, -0.2) is 8.42 Å². The number of nitrogens with two attached hydrogens (primary N) is 1. The third kappa shape index (κ3) is 5.63. The molecule has 1 aliphatic carbocycles. The first kappa shape index (κ1) is 25.0. The van der Waals surface area contributed by atoms with Crippen molar-refractivity contribution >= 4 is 27.1 Å². The molecule has 7 nitrogen and oxygen atoms in total. The van der Waals surface area contributed by atoms with Gasteiger partial charge < -0.3 is 15.6 Å². The smallest absolute Gasteiger partial charge is 0.198 e. The summed E-state index contributed by atoms with van der Waals surface area (Å²) in [4.78, 5) is 25.5. The summed E-state index contributed by atoms with van der Waals surface area (Å²) < 4.78 is 26.7. The van der Waals surface area contributed by atoms with E-state index in [1.165, 1.54) is 12.3 Å². The number of ketones is 2. The van der Waals surface area contributed by atoms with Crippen molar-refractivity contribution in [2.75, 3.05) is 17.7 Å². The Morgan fingerprint density at radius 2 is 1.44 bits per heavy atom. The molecular weight excluding hydrogens is 454 g/mol. The van der Waals surface area contributed by atoms with Gasteiger partial charge in [0.25, 0.3) is 0 Å². The minimum Gasteiger partial charge on any atom is -0.507 e. The number of hydrogen-bond donors (Lipinski definition) is 2. The van der Waals surface area contributed by atoms with Crippen molar-refractivity contribution in [2.45, 2.75) is 26.2 Å². The van der Waals surface area contributed by atoms with Crippen LogP contribution in [0.25, 0.3) is 0 Å². The molecular formula is C26H27NO6S. The summed E-state index contributed by atoms with van der Waals surface area (Å²) in [5, 5.41) is 10.3. The second kappa shape index (κ2) is 10.5. The average Bonchev–Trinajstić information content (AvgIpc) is 2.80. The van der Waals surface area contributed by atoms with Gasteiger partial charge >= 0.3 is 0 Å². The number of sulfone groups is 1. The van der Waals surface area contributed by atoms with Crippen molar-refractivity contribution in [1.82, 2.24) is 0 Å². The molecule has 0 aromatic heterocycles. The third-order valence-electron chi connectivity index (χ3n) is 5.27. The number of phenolic OH excluding ortho intramolecular Hbond substituents is 1. The number of nitrogen functional groups attached to an aromatic ring is 1. The number of carbonyl (C=O) groups excluding carboxylic acids is 2. The Labute approximate surface area is 199 Å². The van der Waals surface area contributed by atoms with E-state index in [1.807, 2.05) is 6.07 Å². The minimum absolute atomic E-state index is 0.0189. The number of aromatic hydroxyl groups is 1. The molecule has 178 valence electrons. The number of rotatable bonds is 6. The van der Waals surface area contributed by atoms with Crippen LogP contribution in [0.4, 0.5) is 5.69 Å². The first-order valence-electron chi connectivity index (χ1n) is 10.9. The lowest BCUT2D eigenvalue weighted by atomic mass is 9.82. The van der Waals surface area contributed by atoms with E-state index in [-0.39, 0.29) is 39.4 Å². The molecule has 4 rings (SSSR count). The van der Waals surface area contributed by atoms with Gasteiger partial charge in [-0.15, -0.1) is 0 Å². The van der Waals surface area contributed by atoms with Crippen LogP contribution >= 0.6 is 0 Å². The van der Waals surface area contributed by atoms with Crippen LogP contribution < -0.4 is 10.5 Å². The maximum absolute atomic E-state index is 12.8. The first-order chi connectivity index (χ1) is 16.1. The molecule has 0 saturated heterocycles. The molecule has 3 aromatic rings. The summed E-state index contributed by atoms with van der Waals surface area (Å²) in [5.41, 5.74) is 6.58. The highest BCUT2D eigenvalue weighted by atomic mass is 32.2. The van der Waals surface area contributed by atoms with Crippen LogP contribution in [0.3, 0.4) is 0 Å². The van der Waals surface area contributed by atoms with E-state index in [2.05, 4.69) is 6.92 Å². The first-order valence-corrected chi connectivity index (χ1v) is 12.9. The summed E-state index contributed by atoms with van der Waals surface area (Å²) in [6.07, 6.45) is 4.20. The molecule has 0 heterocycles. The van der Waals surface area contributed by atoms with Gasteiger partial charge in [-0.2, -0.15) is 0 Å². The van der Waals surface area contributed by atoms with Crippen LogP contribution in [0.2, 0.25) is 0 Å². The predicted octanol–water partition coefficient (Wildman–Crippen LogP) is 4.76. The standard InChI is InChI=1S/C20H13NO4.C6H14O2S/c21-18-15(25-11-6-2-1-3-7-11)10-14(22)16-17(18)20(24)13-9-5-4-8-12(13)19(16)23;1-3-4-5-6-9(2,7)8/h1-10,22H,21H2;3-6H2,1-2H3. The molecule has 0 fully saturated rings. The van der Waals surface area contributed by atoms with Crippen LogP contribution in [0, 0.1) is 0 Å². The van der Waals surface area contributed by atoms with E-state index in [0.717, 1.165) is 19.3 Å². The Balaban J connectivity index is 0.000000309. The van der Waals surface area contributed by atoms with E-state index in [4.69, 9.17) is 10.5 Å². The van der Waals surface area contributed by atoms with Crippen LogP contribution in [0.15, 0.2) is 60.7 Å². The number of carbonyl (C=O) groups is 2. The Hall–Kier alpha value is -3.65. The lowest BCUT2D eigenvalue weighted by Crippen LogP contribution is -2.22. The van der Waals surface area contributed by atoms with E-state index in [0.29, 0.717) is 11.5 Å². The van der Waals surface area contributed by atoms with Crippen molar-refractivity contribution in [3.05, 3.63) is 82.9 Å². The highest BCUT2D eigenvalue weighted by Gasteiger charge is 2.35. The molecule has 0 aliphatic heterocycles. The summed E-state index contributed by atoms with van der Waals surface area (Å²) >= 11 is 0. The molecule has 0 bridgehead atoms. The lowest BCUT2D eigenvalue weighted by molar-refractivity contribution is 0.0977. The Bertz CT molecular complexity index is 1320. The Morgan fingerprint density at radius 3 is 2.00 bits per heavy atom. The molecule has 0 amide bonds. The van der Waals surface area contributed by atoms with Gasteiger partial charge in [0, 0.05) is 29.2 Å². The van der Waals surface area contributed by atoms with Crippen molar-refractivity contribution in [3.8, 4) is 17.2 Å². The van der Waals surface area contributed by atoms with E-state index in [9.17, 15) is 23.1 Å². The van der Waals surface area contributed by atoms with Gasteiger partial charge in [0.1, 0.15) is 21.3 Å². The zero-order chi connectivity index (χ0) is 24.9. The lowest BCUT2D eigenvalue weighted by Gasteiger charge is -2.21. The molecule has 3 aromatic carbocycles. The van der Waals surface area contributed by atoms with Crippen molar-refractivity contribution in [1.29, 1.82) is 0 Å². The predicted molar refractivity (Wildman–Crippen MR) is 132 cm³/mol. The van der Waals surface area contributed by atoms with Gasteiger partial charge in [-0.1, -0.05) is 62.2 Å². The van der Waals surface area contributed by atoms with Gasteiger partial charge in [-0.3, -0.25) is 9.59 Å². The normalized spacial score (nSPS) is 12.3. The second-order valence-electron chi connectivity index (χ2n) is 8.01. The number of benzene rings is 3. The Morgan fingerprint density at radius 1 is 0.882 bits per heavy atom. The molecule has 34 heavy (non-hydrogen) atoms. The quantitative estimate of drug-likeness (QED) is 0.231. The molecule has 0 spiro atoms. The molecule has 8 heteroatoms. The second-order valence-corrected chi connectivity index (χ2v) is 10.3. The van der Waals surface area contributed by atoms with Gasteiger partial charge in [0.05, 0.1) is 16.8 Å². The van der Waals surface area contributed by atoms with Crippen molar-refractivity contribution in [3.63, 3.8) is 0 Å². The van der Waals surface area contributed by atoms with Crippen LogP contribution in [0.5, 0.6) is 17.2 Å². The van der Waals surface area contributed by atoms with E-state index in [1.54, 1.807) is 48.5 Å². The molecule has 0 unspecified atom stereocenters. The SMILES string of the molecule is CCCCCS(C)(=O)=O.Nc1c(Oc2ccccc2)cc(O)c2c1C(=O)c1ccccc1C2=O. The van der Waals surface area contributed by atoms with Gasteiger partial charge in [0.15, 0.2) is 17.3 Å². The van der Waals surface area contributed by atoms with Gasteiger partial charge in [-0.05, 0) is 18.6 Å². The molecule has 3 N–H and O–H groups in total. The highest BCUT2D eigenvalue weighted by molar-refractivity contribution is 7.90. The van der Waals surface area contributed by atoms with Crippen molar-refractivity contribution < 1.29 is 27.9 Å². The van der Waals surface area contributed by atoms with E-state index >= 15 is 0 Å². The fourth-order valence-electron chi connectivity index (χ4n) is 3.59. The molecule has 0 radical (unpaired) electrons. The number of phenols is 1. The average molecular weight is 482 g/mol. The van der Waals surface area contributed by atoms with Crippen molar-refractivity contribution in [2.24, 2.45) is 0 Å². The highest BCUT2D eigenvalue weighted by Crippen LogP contribution is 2.42. The topological polar surface area (TPSA) is 124 Å². The van der Waals surface area contributed by atoms with Crippen LogP contribution in [0.1, 0.15) is 58.0 Å². The maximum Gasteiger partial charge on any atom is 0.198 e. The van der Waals surface area contributed by atoms with Crippen LogP contribution in [-0.4, -0.2) is 37.1 Å². The third-order valence-corrected chi connectivity index (χ3v) is 6.30. The number of unbranched alkanes of at least 4 members (excludes halogenated alkanes) is 2. The summed E-state index contributed by atoms with van der Waals surface area (Å²) in [7, 11) is -2.70. The molecule has 1 aliphatic rings. The van der Waals surface area contributed by atoms with Gasteiger partial charge in [0.2, 0.25) is 0 Å². The number of fused-ring (bicyclic) bond motifs is 2. The number of ether oxygens (including phenoxy) is 1. The maximum atomic E-state index is 12.8. The summed E-state index contributed by atoms with van der Waals surface area (Å²) in [5.74, 6) is -0.187. The Kier molecular flexibility index (Phi) is 7.73. The fourth-order valence-corrected chi connectivity index (χ4v) is 4.32. The number of para-hydroxylation sites is 1. The monoisotopic (exact) mass is 481 g/mol. The number of anilines is 1. The minimum atomic E-state index is -2.70.